The molecule has 1 saturated carbocycles. The number of ether oxygens (including phenoxy) is 2. The van der Waals surface area contributed by atoms with E-state index in [2.05, 4.69) is 13.8 Å². The number of carbonyl (C=O) groups excluding carboxylic acids is 1. The van der Waals surface area contributed by atoms with Gasteiger partial charge in [-0.15, -0.1) is 0 Å². The lowest BCUT2D eigenvalue weighted by Crippen LogP contribution is -2.49. The first-order valence-corrected chi connectivity index (χ1v) is 10.7. The molecule has 4 rings (SSSR count). The Morgan fingerprint density at radius 3 is 2.67 bits per heavy atom. The number of amides is 1. The van der Waals surface area contributed by atoms with Crippen LogP contribution in [0.15, 0.2) is 18.2 Å². The van der Waals surface area contributed by atoms with Gasteiger partial charge in [-0.1, -0.05) is 6.07 Å². The highest BCUT2D eigenvalue weighted by Gasteiger charge is 2.46. The Balaban J connectivity index is 1.31. The Morgan fingerprint density at radius 2 is 1.96 bits per heavy atom. The second kappa shape index (κ2) is 7.92. The van der Waals surface area contributed by atoms with E-state index >= 15 is 0 Å². The van der Waals surface area contributed by atoms with Crippen molar-refractivity contribution in [1.82, 2.24) is 4.90 Å². The second-order valence-electron chi connectivity index (χ2n) is 8.80. The number of carbonyl (C=O) groups is 1. The van der Waals surface area contributed by atoms with Crippen molar-refractivity contribution in [1.29, 1.82) is 0 Å². The summed E-state index contributed by atoms with van der Waals surface area (Å²) in [5, 5.41) is 0. The molecule has 1 aromatic carbocycles. The molecule has 1 spiro atoms. The fourth-order valence-corrected chi connectivity index (χ4v) is 4.65. The van der Waals surface area contributed by atoms with Crippen LogP contribution >= 0.6 is 0 Å². The smallest absolute Gasteiger partial charge is 0.253 e. The maximum Gasteiger partial charge on any atom is 0.253 e. The summed E-state index contributed by atoms with van der Waals surface area (Å²) >= 11 is 0. The van der Waals surface area contributed by atoms with E-state index in [9.17, 15) is 4.79 Å². The van der Waals surface area contributed by atoms with Crippen molar-refractivity contribution in [2.45, 2.75) is 58.0 Å². The van der Waals surface area contributed by atoms with Gasteiger partial charge in [0.1, 0.15) is 0 Å². The highest BCUT2D eigenvalue weighted by molar-refractivity contribution is 5.94. The molecule has 2 aliphatic heterocycles. The molecular formula is C23H33NO3. The van der Waals surface area contributed by atoms with E-state index in [0.29, 0.717) is 5.92 Å². The van der Waals surface area contributed by atoms with Crippen molar-refractivity contribution in [3.8, 4) is 0 Å². The molecule has 27 heavy (non-hydrogen) atoms. The molecule has 1 aromatic rings. The molecule has 2 heterocycles. The number of hydrogen-bond acceptors (Lipinski definition) is 3. The number of nitrogens with zero attached hydrogens (tertiary/aromatic N) is 1. The molecule has 4 nitrogen and oxygen atoms in total. The Kier molecular flexibility index (Phi) is 5.56. The number of aryl methyl sites for hydroxylation is 2. The topological polar surface area (TPSA) is 38.8 Å². The summed E-state index contributed by atoms with van der Waals surface area (Å²) in [6.07, 6.45) is 6.84. The Labute approximate surface area is 163 Å². The van der Waals surface area contributed by atoms with Gasteiger partial charge in [0.15, 0.2) is 0 Å². The molecule has 0 bridgehead atoms. The lowest BCUT2D eigenvalue weighted by molar-refractivity contribution is -0.0672. The molecule has 1 unspecified atom stereocenters. The van der Waals surface area contributed by atoms with Crippen molar-refractivity contribution in [3.05, 3.63) is 34.9 Å². The molecule has 0 radical (unpaired) electrons. The first-order chi connectivity index (χ1) is 13.1. The number of piperidine rings is 1. The third-order valence-electron chi connectivity index (χ3n) is 6.91. The third-order valence-corrected chi connectivity index (χ3v) is 6.91. The summed E-state index contributed by atoms with van der Waals surface area (Å²) in [4.78, 5) is 14.9. The third kappa shape index (κ3) is 4.22. The maximum absolute atomic E-state index is 12.9. The largest absolute Gasteiger partial charge is 0.381 e. The van der Waals surface area contributed by atoms with Crippen molar-refractivity contribution < 1.29 is 14.3 Å². The summed E-state index contributed by atoms with van der Waals surface area (Å²) in [7, 11) is 0. The molecule has 4 heteroatoms. The van der Waals surface area contributed by atoms with Crippen LogP contribution in [0.4, 0.5) is 0 Å². The standard InChI is InChI=1S/C23H33NO3/c1-17-3-6-20(15-18(17)2)22(25)24-11-9-23(10-12-24)21(8-14-27-23)7-13-26-16-19-4-5-19/h3,6,15,19,21H,4-5,7-14,16H2,1-2H3. The van der Waals surface area contributed by atoms with Crippen LogP contribution in [-0.4, -0.2) is 49.3 Å². The quantitative estimate of drug-likeness (QED) is 0.706. The zero-order valence-electron chi connectivity index (χ0n) is 16.8. The Morgan fingerprint density at radius 1 is 1.19 bits per heavy atom. The van der Waals surface area contributed by atoms with Gasteiger partial charge in [-0.2, -0.15) is 0 Å². The van der Waals surface area contributed by atoms with Gasteiger partial charge in [0.2, 0.25) is 0 Å². The fraction of sp³-hybridized carbons (Fsp3) is 0.696. The lowest BCUT2D eigenvalue weighted by atomic mass is 9.78. The number of rotatable bonds is 6. The highest BCUT2D eigenvalue weighted by Crippen LogP contribution is 2.42. The van der Waals surface area contributed by atoms with Gasteiger partial charge in [0, 0.05) is 38.5 Å². The zero-order valence-corrected chi connectivity index (χ0v) is 16.8. The van der Waals surface area contributed by atoms with Crippen LogP contribution in [0.3, 0.4) is 0 Å². The van der Waals surface area contributed by atoms with Gasteiger partial charge in [0.05, 0.1) is 5.60 Å². The minimum Gasteiger partial charge on any atom is -0.381 e. The SMILES string of the molecule is Cc1ccc(C(=O)N2CCC3(CC2)OCCC3CCOCC2CC2)cc1C. The minimum absolute atomic E-state index is 0.0249. The number of likely N-dealkylation sites (tertiary alicyclic amines) is 1. The minimum atomic E-state index is -0.0249. The van der Waals surface area contributed by atoms with Gasteiger partial charge in [0.25, 0.3) is 5.91 Å². The van der Waals surface area contributed by atoms with E-state index in [0.717, 1.165) is 70.1 Å². The van der Waals surface area contributed by atoms with Gasteiger partial charge in [-0.05, 0) is 87.5 Å². The molecule has 0 aromatic heterocycles. The zero-order chi connectivity index (χ0) is 18.9. The maximum atomic E-state index is 12.9. The van der Waals surface area contributed by atoms with E-state index in [-0.39, 0.29) is 11.5 Å². The Hall–Kier alpha value is -1.39. The van der Waals surface area contributed by atoms with Crippen molar-refractivity contribution in [3.63, 3.8) is 0 Å². The van der Waals surface area contributed by atoms with E-state index in [1.54, 1.807) is 0 Å². The predicted octanol–water partition coefficient (Wildman–Crippen LogP) is 4.13. The van der Waals surface area contributed by atoms with E-state index < -0.39 is 0 Å². The summed E-state index contributed by atoms with van der Waals surface area (Å²) in [5.74, 6) is 1.57. The molecule has 1 atom stereocenters. The van der Waals surface area contributed by atoms with E-state index in [1.807, 2.05) is 23.1 Å². The fourth-order valence-electron chi connectivity index (χ4n) is 4.65. The average molecular weight is 372 g/mol. The summed E-state index contributed by atoms with van der Waals surface area (Å²) in [6, 6.07) is 6.03. The average Bonchev–Trinajstić information content (AvgIpc) is 3.43. The lowest BCUT2D eigenvalue weighted by Gasteiger charge is -2.42. The highest BCUT2D eigenvalue weighted by atomic mass is 16.5. The van der Waals surface area contributed by atoms with Crippen LogP contribution in [0.1, 0.15) is 60.0 Å². The van der Waals surface area contributed by atoms with Crippen LogP contribution in [0.2, 0.25) is 0 Å². The van der Waals surface area contributed by atoms with Gasteiger partial charge < -0.3 is 14.4 Å². The molecule has 0 N–H and O–H groups in total. The van der Waals surface area contributed by atoms with Crippen molar-refractivity contribution in [2.24, 2.45) is 11.8 Å². The van der Waals surface area contributed by atoms with Crippen molar-refractivity contribution in [2.75, 3.05) is 32.9 Å². The monoisotopic (exact) mass is 371 g/mol. The van der Waals surface area contributed by atoms with Crippen molar-refractivity contribution >= 4 is 5.91 Å². The number of benzene rings is 1. The summed E-state index contributed by atoms with van der Waals surface area (Å²) in [5.41, 5.74) is 3.20. The second-order valence-corrected chi connectivity index (χ2v) is 8.80. The van der Waals surface area contributed by atoms with Gasteiger partial charge >= 0.3 is 0 Å². The molecule has 2 saturated heterocycles. The molecule has 3 aliphatic rings. The van der Waals surface area contributed by atoms with E-state index in [4.69, 9.17) is 9.47 Å². The molecule has 148 valence electrons. The molecule has 3 fully saturated rings. The van der Waals surface area contributed by atoms with Crippen LogP contribution in [0.5, 0.6) is 0 Å². The Bertz CT molecular complexity index is 674. The van der Waals surface area contributed by atoms with Gasteiger partial charge in [-0.25, -0.2) is 0 Å². The normalized spacial score (nSPS) is 24.5. The van der Waals surface area contributed by atoms with Crippen LogP contribution in [0, 0.1) is 25.7 Å². The molecule has 1 amide bonds. The van der Waals surface area contributed by atoms with E-state index in [1.165, 1.54) is 24.0 Å². The van der Waals surface area contributed by atoms with Crippen LogP contribution < -0.4 is 0 Å². The first-order valence-electron chi connectivity index (χ1n) is 10.7. The first kappa shape index (κ1) is 18.9. The molecule has 1 aliphatic carbocycles. The molecular weight excluding hydrogens is 338 g/mol. The van der Waals surface area contributed by atoms with Crippen LogP contribution in [-0.2, 0) is 9.47 Å². The summed E-state index contributed by atoms with van der Waals surface area (Å²) < 4.78 is 12.1. The van der Waals surface area contributed by atoms with Gasteiger partial charge in [-0.3, -0.25) is 4.79 Å². The number of hydrogen-bond donors (Lipinski definition) is 0. The predicted molar refractivity (Wildman–Crippen MR) is 106 cm³/mol. The summed E-state index contributed by atoms with van der Waals surface area (Å²) in [6.45, 7) is 8.41. The van der Waals surface area contributed by atoms with Crippen LogP contribution in [0.25, 0.3) is 0 Å².